The number of aliphatic imine (C=N–C) groups is 1. The van der Waals surface area contributed by atoms with Crippen molar-refractivity contribution in [3.8, 4) is 0 Å². The predicted octanol–water partition coefficient (Wildman–Crippen LogP) is 1.91. The lowest BCUT2D eigenvalue weighted by Crippen LogP contribution is -2.52. The topological polar surface area (TPSA) is 91.0 Å². The van der Waals surface area contributed by atoms with Crippen LogP contribution in [0.2, 0.25) is 0 Å². The maximum atomic E-state index is 11.5. The third-order valence-electron chi connectivity index (χ3n) is 4.29. The van der Waals surface area contributed by atoms with Crippen LogP contribution < -0.4 is 15.4 Å². The lowest BCUT2D eigenvalue weighted by atomic mass is 10.2. The molecule has 0 aliphatic carbocycles. The van der Waals surface area contributed by atoms with Crippen LogP contribution in [0.25, 0.3) is 0 Å². The first-order chi connectivity index (χ1) is 12.5. The van der Waals surface area contributed by atoms with Gasteiger partial charge in [0.15, 0.2) is 5.96 Å². The van der Waals surface area contributed by atoms with Gasteiger partial charge in [0.1, 0.15) is 0 Å². The van der Waals surface area contributed by atoms with Crippen LogP contribution in [-0.4, -0.2) is 52.5 Å². The number of nitrogens with two attached hydrogens (primary N) is 1. The van der Waals surface area contributed by atoms with Crippen molar-refractivity contribution in [1.82, 2.24) is 10.2 Å². The number of halogens is 1. The Bertz CT molecular complexity index is 863. The number of thiophene rings is 1. The third-order valence-corrected chi connectivity index (χ3v) is 6.13. The SMILES string of the molecule is CN=C(NCc1cccc(S(N)(=O)=O)c1)N1CCN(c2cccs2)CC1.I. The Morgan fingerprint density at radius 2 is 1.96 bits per heavy atom. The molecule has 7 nitrogen and oxygen atoms in total. The van der Waals surface area contributed by atoms with Crippen LogP contribution in [0.15, 0.2) is 51.7 Å². The molecule has 0 amide bonds. The average Bonchev–Trinajstić information content (AvgIpc) is 3.17. The molecule has 1 aromatic heterocycles. The van der Waals surface area contributed by atoms with Gasteiger partial charge in [-0.2, -0.15) is 0 Å². The Labute approximate surface area is 181 Å². The number of primary sulfonamides is 1. The summed E-state index contributed by atoms with van der Waals surface area (Å²) in [6, 6.07) is 10.9. The highest BCUT2D eigenvalue weighted by Crippen LogP contribution is 2.22. The first-order valence-electron chi connectivity index (χ1n) is 8.33. The van der Waals surface area contributed by atoms with Gasteiger partial charge >= 0.3 is 0 Å². The van der Waals surface area contributed by atoms with Gasteiger partial charge in [-0.3, -0.25) is 4.99 Å². The Morgan fingerprint density at radius 3 is 2.56 bits per heavy atom. The number of rotatable bonds is 4. The molecule has 3 rings (SSSR count). The lowest BCUT2D eigenvalue weighted by Gasteiger charge is -2.37. The number of hydrogen-bond donors (Lipinski definition) is 2. The fourth-order valence-corrected chi connectivity index (χ4v) is 4.30. The quantitative estimate of drug-likeness (QED) is 0.365. The van der Waals surface area contributed by atoms with Gasteiger partial charge in [0.25, 0.3) is 0 Å². The fourth-order valence-electron chi connectivity index (χ4n) is 2.93. The highest BCUT2D eigenvalue weighted by Gasteiger charge is 2.20. The molecular weight excluding hydrogens is 497 g/mol. The first-order valence-corrected chi connectivity index (χ1v) is 10.8. The first kappa shape index (κ1) is 21.9. The van der Waals surface area contributed by atoms with E-state index >= 15 is 0 Å². The predicted molar refractivity (Wildman–Crippen MR) is 122 cm³/mol. The smallest absolute Gasteiger partial charge is 0.238 e. The van der Waals surface area contributed by atoms with Gasteiger partial charge in [-0.25, -0.2) is 13.6 Å². The molecule has 2 aromatic rings. The molecule has 0 saturated carbocycles. The van der Waals surface area contributed by atoms with Crippen molar-refractivity contribution in [2.24, 2.45) is 10.1 Å². The Balaban J connectivity index is 0.00000261. The normalized spacial score (nSPS) is 15.4. The Morgan fingerprint density at radius 1 is 1.22 bits per heavy atom. The van der Waals surface area contributed by atoms with Crippen LogP contribution in [0.5, 0.6) is 0 Å². The van der Waals surface area contributed by atoms with Crippen molar-refractivity contribution in [2.75, 3.05) is 38.1 Å². The number of anilines is 1. The van der Waals surface area contributed by atoms with Crippen molar-refractivity contribution in [3.63, 3.8) is 0 Å². The standard InChI is InChI=1S/C17H23N5O2S2.HI/c1-19-17(20-13-14-4-2-5-15(12-14)26(18,23)24)22-9-7-21(8-10-22)16-6-3-11-25-16;/h2-6,11-12H,7-10,13H2,1H3,(H,19,20)(H2,18,23,24);1H. The van der Waals surface area contributed by atoms with Crippen LogP contribution in [0.4, 0.5) is 5.00 Å². The summed E-state index contributed by atoms with van der Waals surface area (Å²) in [6.45, 7) is 4.15. The van der Waals surface area contributed by atoms with E-state index in [9.17, 15) is 8.42 Å². The van der Waals surface area contributed by atoms with Crippen molar-refractivity contribution in [2.45, 2.75) is 11.4 Å². The highest BCUT2D eigenvalue weighted by atomic mass is 127. The van der Waals surface area contributed by atoms with Gasteiger partial charge < -0.3 is 15.1 Å². The van der Waals surface area contributed by atoms with Gasteiger partial charge in [-0.15, -0.1) is 35.3 Å². The van der Waals surface area contributed by atoms with E-state index in [1.165, 1.54) is 11.1 Å². The third kappa shape index (κ3) is 5.80. The number of hydrogen-bond acceptors (Lipinski definition) is 5. The van der Waals surface area contributed by atoms with E-state index in [1.54, 1.807) is 30.5 Å². The maximum Gasteiger partial charge on any atom is 0.238 e. The molecule has 27 heavy (non-hydrogen) atoms. The summed E-state index contributed by atoms with van der Waals surface area (Å²) in [4.78, 5) is 9.07. The zero-order valence-electron chi connectivity index (χ0n) is 15.0. The second-order valence-electron chi connectivity index (χ2n) is 6.02. The van der Waals surface area contributed by atoms with E-state index in [2.05, 4.69) is 37.6 Å². The van der Waals surface area contributed by atoms with E-state index in [1.807, 2.05) is 6.07 Å². The van der Waals surface area contributed by atoms with Crippen LogP contribution in [0.1, 0.15) is 5.56 Å². The summed E-state index contributed by atoms with van der Waals surface area (Å²) in [5.74, 6) is 0.817. The van der Waals surface area contributed by atoms with E-state index in [0.29, 0.717) is 6.54 Å². The van der Waals surface area contributed by atoms with Crippen LogP contribution >= 0.6 is 35.3 Å². The summed E-state index contributed by atoms with van der Waals surface area (Å²) in [7, 11) is -1.93. The fraction of sp³-hybridized carbons (Fsp3) is 0.353. The molecule has 0 unspecified atom stereocenters. The molecule has 3 N–H and O–H groups in total. The van der Waals surface area contributed by atoms with Crippen LogP contribution in [0, 0.1) is 0 Å². The minimum atomic E-state index is -3.69. The number of guanidine groups is 1. The van der Waals surface area contributed by atoms with Crippen LogP contribution in [-0.2, 0) is 16.6 Å². The second-order valence-corrected chi connectivity index (χ2v) is 8.51. The molecule has 1 saturated heterocycles. The van der Waals surface area contributed by atoms with Crippen LogP contribution in [0.3, 0.4) is 0 Å². The summed E-state index contributed by atoms with van der Waals surface area (Å²) in [5.41, 5.74) is 0.842. The molecule has 1 aliphatic rings. The number of piperazine rings is 1. The zero-order valence-corrected chi connectivity index (χ0v) is 19.0. The van der Waals surface area contributed by atoms with Gasteiger partial charge in [0.05, 0.1) is 9.90 Å². The van der Waals surface area contributed by atoms with Gasteiger partial charge in [0, 0.05) is 39.8 Å². The minimum Gasteiger partial charge on any atom is -0.360 e. The highest BCUT2D eigenvalue weighted by molar-refractivity contribution is 14.0. The summed E-state index contributed by atoms with van der Waals surface area (Å²) >= 11 is 1.76. The lowest BCUT2D eigenvalue weighted by molar-refractivity contribution is 0.373. The number of nitrogens with one attached hydrogen (secondary N) is 1. The van der Waals surface area contributed by atoms with Crippen molar-refractivity contribution in [1.29, 1.82) is 0 Å². The number of nitrogens with zero attached hydrogens (tertiary/aromatic N) is 3. The molecule has 0 spiro atoms. The van der Waals surface area contributed by atoms with E-state index in [-0.39, 0.29) is 28.9 Å². The number of benzene rings is 1. The van der Waals surface area contributed by atoms with Gasteiger partial charge in [-0.05, 0) is 35.2 Å². The summed E-state index contributed by atoms with van der Waals surface area (Å²) < 4.78 is 23.0. The zero-order chi connectivity index (χ0) is 18.6. The summed E-state index contributed by atoms with van der Waals surface area (Å²) in [5, 5.41) is 11.9. The average molecular weight is 521 g/mol. The molecule has 0 radical (unpaired) electrons. The van der Waals surface area contributed by atoms with Crippen molar-refractivity contribution >= 4 is 56.3 Å². The molecule has 0 bridgehead atoms. The largest absolute Gasteiger partial charge is 0.360 e. The Hall–Kier alpha value is -1.37. The minimum absolute atomic E-state index is 0. The monoisotopic (exact) mass is 521 g/mol. The number of sulfonamides is 1. The molecule has 148 valence electrons. The van der Waals surface area contributed by atoms with Gasteiger partial charge in [-0.1, -0.05) is 12.1 Å². The van der Waals surface area contributed by atoms with Crippen molar-refractivity contribution in [3.05, 3.63) is 47.3 Å². The molecule has 1 aliphatic heterocycles. The molecule has 0 atom stereocenters. The summed E-state index contributed by atoms with van der Waals surface area (Å²) in [6.07, 6.45) is 0. The molecule has 1 fully saturated rings. The second kappa shape index (κ2) is 9.71. The molecule has 10 heteroatoms. The maximum absolute atomic E-state index is 11.5. The molecular formula is C17H24IN5O2S2. The molecule has 1 aromatic carbocycles. The van der Waals surface area contributed by atoms with E-state index < -0.39 is 10.0 Å². The molecule has 2 heterocycles. The van der Waals surface area contributed by atoms with Crippen molar-refractivity contribution < 1.29 is 8.42 Å². The Kier molecular flexibility index (Phi) is 7.89. The van der Waals surface area contributed by atoms with Gasteiger partial charge in [0.2, 0.25) is 10.0 Å². The van der Waals surface area contributed by atoms with E-state index in [4.69, 9.17) is 5.14 Å². The van der Waals surface area contributed by atoms with E-state index in [0.717, 1.165) is 37.7 Å².